The molecule has 4 saturated carbocycles. The van der Waals surface area contributed by atoms with Crippen LogP contribution in [0.3, 0.4) is 0 Å². The Bertz CT molecular complexity index is 2100. The number of hydrogen-bond donors (Lipinski definition) is 12. The van der Waals surface area contributed by atoms with Gasteiger partial charge in [-0.2, -0.15) is 0 Å². The molecule has 0 aromatic rings. The number of ether oxygens (including phenoxy) is 7. The van der Waals surface area contributed by atoms with Crippen LogP contribution in [0, 0.1) is 50.2 Å². The Morgan fingerprint density at radius 2 is 1.29 bits per heavy atom. The summed E-state index contributed by atoms with van der Waals surface area (Å²) in [5.74, 6) is -2.45. The molecule has 3 aliphatic heterocycles. The molecule has 21 nitrogen and oxygen atoms in total. The van der Waals surface area contributed by atoms with Gasteiger partial charge in [-0.3, -0.25) is 0 Å². The zero-order chi connectivity index (χ0) is 53.9. The molecule has 0 aromatic carbocycles. The molecule has 5 aliphatic carbocycles. The minimum atomic E-state index is -2.10. The fourth-order valence-electron chi connectivity index (χ4n) is 15.8. The number of carbonyl (C=O) groups is 2. The van der Waals surface area contributed by atoms with Gasteiger partial charge in [-0.05, 0) is 92.8 Å². The van der Waals surface area contributed by atoms with Crippen molar-refractivity contribution < 1.29 is 104 Å². The van der Waals surface area contributed by atoms with Crippen LogP contribution in [0.2, 0.25) is 0 Å². The highest BCUT2D eigenvalue weighted by Gasteiger charge is 2.74. The third-order valence-corrected chi connectivity index (χ3v) is 20.2. The number of carboxylic acids is 1. The molecule has 3 saturated heterocycles. The monoisotopic (exact) mass is 1040 g/mol. The van der Waals surface area contributed by atoms with Crippen molar-refractivity contribution in [3.63, 3.8) is 0 Å². The topological polar surface area (TPSA) is 342 Å². The lowest BCUT2D eigenvalue weighted by Gasteiger charge is -2.73. The molecule has 416 valence electrons. The first-order valence-corrected chi connectivity index (χ1v) is 26.0. The Hall–Kier alpha value is -2.26. The normalized spacial score (nSPS) is 51.4. The van der Waals surface area contributed by atoms with Crippen LogP contribution in [0.5, 0.6) is 0 Å². The van der Waals surface area contributed by atoms with Crippen LogP contribution in [0.1, 0.15) is 107 Å². The van der Waals surface area contributed by atoms with Crippen molar-refractivity contribution in [2.75, 3.05) is 19.8 Å². The minimum Gasteiger partial charge on any atom is -0.479 e. The van der Waals surface area contributed by atoms with Gasteiger partial charge in [-0.1, -0.05) is 66.2 Å². The average molecular weight is 1040 g/mol. The van der Waals surface area contributed by atoms with E-state index in [4.69, 9.17) is 33.2 Å². The summed E-state index contributed by atoms with van der Waals surface area (Å²) in [6.07, 6.45) is -21.4. The van der Waals surface area contributed by atoms with Gasteiger partial charge >= 0.3 is 11.9 Å². The molecule has 3 heterocycles. The highest BCUT2D eigenvalue weighted by atomic mass is 16.8. The largest absolute Gasteiger partial charge is 0.479 e. The molecule has 73 heavy (non-hydrogen) atoms. The van der Waals surface area contributed by atoms with E-state index in [1.165, 1.54) is 0 Å². The van der Waals surface area contributed by atoms with E-state index in [2.05, 4.69) is 26.8 Å². The number of carboxylic acid groups (broad SMARTS) is 1. The number of hydrogen-bond acceptors (Lipinski definition) is 20. The molecular formula is C52H82O21. The van der Waals surface area contributed by atoms with Gasteiger partial charge in [0.15, 0.2) is 25.0 Å². The third-order valence-electron chi connectivity index (χ3n) is 20.2. The van der Waals surface area contributed by atoms with Crippen molar-refractivity contribution in [3.05, 3.63) is 23.3 Å². The molecule has 0 bridgehead atoms. The van der Waals surface area contributed by atoms with Crippen LogP contribution in [-0.2, 0) is 42.7 Å². The average Bonchev–Trinajstić information content (AvgIpc) is 3.60. The van der Waals surface area contributed by atoms with Crippen LogP contribution >= 0.6 is 0 Å². The molecule has 0 radical (unpaired) electrons. The van der Waals surface area contributed by atoms with Crippen LogP contribution < -0.4 is 0 Å². The fraction of sp³-hybridized carbons (Fsp3) is 0.885. The van der Waals surface area contributed by atoms with E-state index in [1.807, 2.05) is 27.7 Å². The Kier molecular flexibility index (Phi) is 15.7. The number of aliphatic carboxylic acids is 1. The van der Waals surface area contributed by atoms with Gasteiger partial charge in [0.05, 0.1) is 37.4 Å². The summed E-state index contributed by atoms with van der Waals surface area (Å²) in [4.78, 5) is 26.0. The van der Waals surface area contributed by atoms with E-state index >= 15 is 0 Å². The number of carbonyl (C=O) groups excluding carboxylic acids is 1. The standard InChI is InChI=1S/C52H82O21/c1-10-22(2)43(66)73-41-40(63)52(21-55)24(17-47(41,3)4)23-11-12-28-49(7)15-14-30(48(5,6)27(49)13-16-50(28,8)51(23,9)18-29(52)56)69-46-39(72-45-35(61)33(59)31(57)25(19-53)67-45)37(36(62)38(71-46)42(64)65)70-44-34(60)32(58)26(20-54)68-44/h10,13,23-26,28-41,44-46,53-63H,11-12,14-21H2,1-9H3,(H,64,65)/b22-10-/t23-,24+,25-,26+,28-,29-,30?,31+,32+,33+,34-,35-,36-,37+,38+,39-,40+,41+,44-,45+,46-,49+,50-,51-,52+/m1/s1. The maximum Gasteiger partial charge on any atom is 0.335 e. The van der Waals surface area contributed by atoms with Crippen molar-refractivity contribution in [2.24, 2.45) is 50.2 Å². The van der Waals surface area contributed by atoms with Crippen molar-refractivity contribution >= 4 is 11.9 Å². The van der Waals surface area contributed by atoms with E-state index < -0.39 is 175 Å². The highest BCUT2D eigenvalue weighted by Crippen LogP contribution is 2.76. The van der Waals surface area contributed by atoms with Crippen molar-refractivity contribution in [3.8, 4) is 0 Å². The molecule has 1 unspecified atom stereocenters. The molecule has 25 atom stereocenters. The SMILES string of the molecule is C/C=C(/C)C(=O)O[C@H]1[C@H](O)[C@]2(CO)[C@H](O)C[C@]3(C)[C@H](CC[C@@H]4[C@@]5(C)CCC(O[C@@H]6O[C@H](C(=O)O)[C@H](O)[C@H](O[C@H]7O[C@@H](CO)[C@H](O)[C@H]7O)[C@H]6O[C@@H]6O[C@H](CO)[C@H](O)[C@H](O)[C@H]6O)C(C)(C)C5=CC[C@]43C)[C@@H]2CC1(C)C. The molecule has 8 aliphatic rings. The summed E-state index contributed by atoms with van der Waals surface area (Å²) < 4.78 is 42.4. The Labute approximate surface area is 426 Å². The predicted molar refractivity (Wildman–Crippen MR) is 252 cm³/mol. The summed E-state index contributed by atoms with van der Waals surface area (Å²) in [6.45, 7) is 16.1. The number of aliphatic hydroxyl groups excluding tert-OH is 11. The van der Waals surface area contributed by atoms with E-state index in [-0.39, 0.29) is 17.8 Å². The highest BCUT2D eigenvalue weighted by molar-refractivity contribution is 5.87. The summed E-state index contributed by atoms with van der Waals surface area (Å²) in [6, 6.07) is 0. The molecule has 12 N–H and O–H groups in total. The smallest absolute Gasteiger partial charge is 0.335 e. The lowest BCUT2D eigenvalue weighted by atomic mass is 9.32. The second kappa shape index (κ2) is 20.2. The number of rotatable bonds is 12. The van der Waals surface area contributed by atoms with Crippen LogP contribution in [-0.4, -0.2) is 203 Å². The lowest BCUT2D eigenvalue weighted by Crippen LogP contribution is -2.73. The number of allylic oxidation sites excluding steroid dienone is 2. The number of esters is 1. The third kappa shape index (κ3) is 8.80. The summed E-state index contributed by atoms with van der Waals surface area (Å²) in [5.41, 5.74) is -2.72. The Morgan fingerprint density at radius 1 is 0.699 bits per heavy atom. The molecule has 0 amide bonds. The zero-order valence-corrected chi connectivity index (χ0v) is 43.4. The zero-order valence-electron chi connectivity index (χ0n) is 43.4. The summed E-state index contributed by atoms with van der Waals surface area (Å²) >= 11 is 0. The van der Waals surface area contributed by atoms with E-state index in [1.54, 1.807) is 19.9 Å². The van der Waals surface area contributed by atoms with Crippen molar-refractivity contribution in [2.45, 2.75) is 218 Å². The van der Waals surface area contributed by atoms with E-state index in [9.17, 15) is 70.9 Å². The molecular weight excluding hydrogens is 961 g/mol. The molecule has 8 rings (SSSR count). The van der Waals surface area contributed by atoms with Gasteiger partial charge in [0.1, 0.15) is 73.2 Å². The first-order valence-electron chi connectivity index (χ1n) is 26.0. The summed E-state index contributed by atoms with van der Waals surface area (Å²) in [5, 5.41) is 132. The van der Waals surface area contributed by atoms with Crippen LogP contribution in [0.25, 0.3) is 0 Å². The van der Waals surface area contributed by atoms with Gasteiger partial charge in [-0.15, -0.1) is 0 Å². The Morgan fingerprint density at radius 3 is 1.86 bits per heavy atom. The maximum absolute atomic E-state index is 13.1. The summed E-state index contributed by atoms with van der Waals surface area (Å²) in [7, 11) is 0. The minimum absolute atomic E-state index is 0.0244. The van der Waals surface area contributed by atoms with Gasteiger partial charge < -0.3 is 94.4 Å². The number of fused-ring (bicyclic) bond motifs is 7. The van der Waals surface area contributed by atoms with Crippen molar-refractivity contribution in [1.82, 2.24) is 0 Å². The van der Waals surface area contributed by atoms with Gasteiger partial charge in [0, 0.05) is 16.4 Å². The van der Waals surface area contributed by atoms with E-state index in [0.29, 0.717) is 37.7 Å². The lowest BCUT2D eigenvalue weighted by molar-refractivity contribution is -0.384. The second-order valence-corrected chi connectivity index (χ2v) is 24.6. The van der Waals surface area contributed by atoms with Crippen LogP contribution in [0.4, 0.5) is 0 Å². The molecule has 7 fully saturated rings. The predicted octanol–water partition coefficient (Wildman–Crippen LogP) is -0.225. The Balaban J connectivity index is 1.11. The van der Waals surface area contributed by atoms with Gasteiger partial charge in [0.2, 0.25) is 0 Å². The van der Waals surface area contributed by atoms with Gasteiger partial charge in [0.25, 0.3) is 0 Å². The molecule has 21 heteroatoms. The fourth-order valence-corrected chi connectivity index (χ4v) is 15.8. The first kappa shape index (κ1) is 56.9. The first-order chi connectivity index (χ1) is 34.1. The quantitative estimate of drug-likeness (QED) is 0.0683. The van der Waals surface area contributed by atoms with E-state index in [0.717, 1.165) is 18.4 Å². The molecule has 0 aromatic heterocycles. The number of aliphatic hydroxyl groups is 11. The van der Waals surface area contributed by atoms with Gasteiger partial charge in [-0.25, -0.2) is 9.59 Å². The van der Waals surface area contributed by atoms with Crippen molar-refractivity contribution in [1.29, 1.82) is 0 Å². The second-order valence-electron chi connectivity index (χ2n) is 24.6. The maximum atomic E-state index is 13.1. The van der Waals surface area contributed by atoms with Crippen LogP contribution in [0.15, 0.2) is 23.3 Å². The molecule has 0 spiro atoms.